The number of para-hydroxylation sites is 1. The first-order valence-electron chi connectivity index (χ1n) is 9.63. The zero-order chi connectivity index (χ0) is 18.8. The Labute approximate surface area is 164 Å². The van der Waals surface area contributed by atoms with Gasteiger partial charge in [0, 0.05) is 6.42 Å². The van der Waals surface area contributed by atoms with Gasteiger partial charge in [0.1, 0.15) is 24.7 Å². The minimum absolute atomic E-state index is 0.0622. The predicted octanol–water partition coefficient (Wildman–Crippen LogP) is 4.34. The average molecular weight is 374 g/mol. The molecule has 2 atom stereocenters. The van der Waals surface area contributed by atoms with Gasteiger partial charge in [-0.25, -0.2) is 0 Å². The number of hydrogen-bond acceptors (Lipinski definition) is 4. The van der Waals surface area contributed by atoms with E-state index < -0.39 is 0 Å². The van der Waals surface area contributed by atoms with E-state index in [0.29, 0.717) is 13.2 Å². The van der Waals surface area contributed by atoms with Gasteiger partial charge in [-0.2, -0.15) is 0 Å². The molecule has 2 saturated heterocycles. The van der Waals surface area contributed by atoms with E-state index in [1.165, 1.54) is 22.3 Å². The van der Waals surface area contributed by atoms with Gasteiger partial charge in [0.2, 0.25) is 12.6 Å². The minimum atomic E-state index is -0.0743. The van der Waals surface area contributed by atoms with Crippen LogP contribution in [0.3, 0.4) is 0 Å². The van der Waals surface area contributed by atoms with Crippen molar-refractivity contribution >= 4 is 0 Å². The third-order valence-electron chi connectivity index (χ3n) is 4.83. The summed E-state index contributed by atoms with van der Waals surface area (Å²) in [6.45, 7) is 1.37. The summed E-state index contributed by atoms with van der Waals surface area (Å²) in [6.07, 6.45) is 1.58. The lowest BCUT2D eigenvalue weighted by Gasteiger charge is -2.10. The van der Waals surface area contributed by atoms with Crippen molar-refractivity contribution in [1.29, 1.82) is 0 Å². The summed E-state index contributed by atoms with van der Waals surface area (Å²) in [6, 6.07) is 25.2. The molecule has 2 unspecified atom stereocenters. The van der Waals surface area contributed by atoms with Gasteiger partial charge in [-0.3, -0.25) is 0 Å². The molecule has 0 bridgehead atoms. The van der Waals surface area contributed by atoms with Gasteiger partial charge in [-0.15, -0.1) is 0 Å². The van der Waals surface area contributed by atoms with E-state index in [4.69, 9.17) is 18.9 Å². The van der Waals surface area contributed by atoms with Gasteiger partial charge in [-0.05, 0) is 46.9 Å². The Balaban J connectivity index is 1.25. The van der Waals surface area contributed by atoms with E-state index in [1.807, 2.05) is 30.3 Å². The number of rotatable bonds is 8. The van der Waals surface area contributed by atoms with E-state index in [9.17, 15) is 0 Å². The molecular weight excluding hydrogens is 352 g/mol. The highest BCUT2D eigenvalue weighted by Crippen LogP contribution is 2.26. The van der Waals surface area contributed by atoms with Crippen molar-refractivity contribution in [2.75, 3.05) is 13.2 Å². The van der Waals surface area contributed by atoms with Crippen LogP contribution in [0, 0.1) is 0 Å². The van der Waals surface area contributed by atoms with Crippen LogP contribution >= 0.6 is 0 Å². The number of ether oxygens (including phenoxy) is 4. The first-order chi connectivity index (χ1) is 13.8. The first-order valence-corrected chi connectivity index (χ1v) is 9.63. The number of hydrogen-bond donors (Lipinski definition) is 0. The van der Waals surface area contributed by atoms with Crippen LogP contribution in [0.1, 0.15) is 22.3 Å². The van der Waals surface area contributed by atoms with Crippen LogP contribution in [0.2, 0.25) is 0 Å². The lowest BCUT2D eigenvalue weighted by Crippen LogP contribution is -2.01. The van der Waals surface area contributed by atoms with Gasteiger partial charge in [-0.1, -0.05) is 54.6 Å². The zero-order valence-corrected chi connectivity index (χ0v) is 15.5. The molecule has 0 radical (unpaired) electrons. The summed E-state index contributed by atoms with van der Waals surface area (Å²) in [7, 11) is 0. The molecule has 4 heteroatoms. The minimum Gasteiger partial charge on any atom is -0.462 e. The van der Waals surface area contributed by atoms with Crippen LogP contribution in [-0.2, 0) is 22.3 Å². The maximum Gasteiger partial charge on any atom is 0.223 e. The largest absolute Gasteiger partial charge is 0.462 e. The smallest absolute Gasteiger partial charge is 0.223 e. The fraction of sp³-hybridized carbons (Fsp3) is 0.250. The number of benzene rings is 3. The van der Waals surface area contributed by atoms with Crippen molar-refractivity contribution in [1.82, 2.24) is 0 Å². The summed E-state index contributed by atoms with van der Waals surface area (Å²) in [5, 5.41) is 0. The average Bonchev–Trinajstić information content (AvgIpc) is 3.63. The molecule has 0 spiro atoms. The highest BCUT2D eigenvalue weighted by Gasteiger charge is 2.25. The molecule has 5 rings (SSSR count). The normalized spacial score (nSPS) is 19.9. The van der Waals surface area contributed by atoms with Crippen LogP contribution in [-0.4, -0.2) is 25.8 Å². The zero-order valence-electron chi connectivity index (χ0n) is 15.5. The quantitative estimate of drug-likeness (QED) is 0.550. The summed E-state index contributed by atoms with van der Waals surface area (Å²) in [4.78, 5) is 0. The Kier molecular flexibility index (Phi) is 4.73. The van der Waals surface area contributed by atoms with Crippen LogP contribution < -0.4 is 9.47 Å². The summed E-state index contributed by atoms with van der Waals surface area (Å²) < 4.78 is 21.8. The second-order valence-corrected chi connectivity index (χ2v) is 7.19. The summed E-state index contributed by atoms with van der Waals surface area (Å²) >= 11 is 0. The molecule has 3 aromatic rings. The topological polar surface area (TPSA) is 43.5 Å². The maximum absolute atomic E-state index is 5.83. The van der Waals surface area contributed by atoms with Crippen LogP contribution in [0.5, 0.6) is 11.5 Å². The van der Waals surface area contributed by atoms with Gasteiger partial charge >= 0.3 is 0 Å². The lowest BCUT2D eigenvalue weighted by molar-refractivity contribution is 0.178. The second kappa shape index (κ2) is 7.66. The first kappa shape index (κ1) is 17.3. The van der Waals surface area contributed by atoms with Crippen LogP contribution in [0.25, 0.3) is 0 Å². The Morgan fingerprint density at radius 1 is 0.679 bits per heavy atom. The second-order valence-electron chi connectivity index (χ2n) is 7.19. The maximum atomic E-state index is 5.83. The van der Waals surface area contributed by atoms with Crippen molar-refractivity contribution in [3.8, 4) is 11.5 Å². The fourth-order valence-corrected chi connectivity index (χ4v) is 3.23. The van der Waals surface area contributed by atoms with Crippen LogP contribution in [0.15, 0.2) is 72.8 Å². The lowest BCUT2D eigenvalue weighted by atomic mass is 10.00. The van der Waals surface area contributed by atoms with Crippen molar-refractivity contribution in [2.45, 2.75) is 25.4 Å². The molecule has 3 aromatic carbocycles. The Morgan fingerprint density at radius 3 is 2.11 bits per heavy atom. The molecule has 2 fully saturated rings. The van der Waals surface area contributed by atoms with Crippen molar-refractivity contribution in [2.24, 2.45) is 0 Å². The molecule has 2 heterocycles. The molecule has 0 aromatic heterocycles. The highest BCUT2D eigenvalue weighted by molar-refractivity contribution is 5.39. The fourth-order valence-electron chi connectivity index (χ4n) is 3.23. The SMILES string of the molecule is c1cc(Cc2ccc(Cc3ccccc3OC3CO3)cc2)cc(OC2CO2)c1. The predicted molar refractivity (Wildman–Crippen MR) is 106 cm³/mol. The molecule has 28 heavy (non-hydrogen) atoms. The number of epoxide rings is 2. The molecule has 4 nitrogen and oxygen atoms in total. The summed E-state index contributed by atoms with van der Waals surface area (Å²) in [5.74, 6) is 1.78. The van der Waals surface area contributed by atoms with E-state index >= 15 is 0 Å². The Hall–Kier alpha value is -2.82. The standard InChI is InChI=1S/C24H22O4/c1-2-7-22(28-24-16-26-24)20(5-1)13-18-10-8-17(9-11-18)12-19-4-3-6-21(14-19)27-23-15-25-23/h1-11,14,23-24H,12-13,15-16H2. The van der Waals surface area contributed by atoms with E-state index in [0.717, 1.165) is 24.3 Å². The third-order valence-corrected chi connectivity index (χ3v) is 4.83. The van der Waals surface area contributed by atoms with Gasteiger partial charge in [0.25, 0.3) is 0 Å². The van der Waals surface area contributed by atoms with E-state index in [1.54, 1.807) is 0 Å². The molecule has 0 amide bonds. The molecule has 0 N–H and O–H groups in total. The Morgan fingerprint density at radius 2 is 1.36 bits per heavy atom. The van der Waals surface area contributed by atoms with E-state index in [2.05, 4.69) is 42.5 Å². The van der Waals surface area contributed by atoms with E-state index in [-0.39, 0.29) is 12.6 Å². The van der Waals surface area contributed by atoms with Crippen molar-refractivity contribution in [3.63, 3.8) is 0 Å². The molecule has 2 aliphatic rings. The molecular formula is C24H22O4. The molecule has 2 aliphatic heterocycles. The van der Waals surface area contributed by atoms with Crippen molar-refractivity contribution < 1.29 is 18.9 Å². The highest BCUT2D eigenvalue weighted by atomic mass is 16.8. The monoisotopic (exact) mass is 374 g/mol. The van der Waals surface area contributed by atoms with Gasteiger partial charge < -0.3 is 18.9 Å². The van der Waals surface area contributed by atoms with Crippen molar-refractivity contribution in [3.05, 3.63) is 95.1 Å². The van der Waals surface area contributed by atoms with Crippen LogP contribution in [0.4, 0.5) is 0 Å². The summed E-state index contributed by atoms with van der Waals surface area (Å²) in [5.41, 5.74) is 4.95. The third kappa shape index (κ3) is 4.53. The van der Waals surface area contributed by atoms with Gasteiger partial charge in [0.05, 0.1) is 0 Å². The molecule has 0 aliphatic carbocycles. The molecule has 0 saturated carbocycles. The Bertz CT molecular complexity index is 943. The van der Waals surface area contributed by atoms with Gasteiger partial charge in [0.15, 0.2) is 0 Å². The molecule has 142 valence electrons.